The Morgan fingerprint density at radius 2 is 1.58 bits per heavy atom. The molecule has 2 N–H and O–H groups in total. The molecule has 5 heteroatoms. The van der Waals surface area contributed by atoms with Gasteiger partial charge in [-0.2, -0.15) is 0 Å². The number of amides is 1. The van der Waals surface area contributed by atoms with Crippen LogP contribution in [0.3, 0.4) is 0 Å². The summed E-state index contributed by atoms with van der Waals surface area (Å²) in [7, 11) is 4.04. The highest BCUT2D eigenvalue weighted by Gasteiger charge is 2.23. The van der Waals surface area contributed by atoms with Crippen LogP contribution in [-0.4, -0.2) is 32.7 Å². The van der Waals surface area contributed by atoms with Crippen molar-refractivity contribution in [1.82, 2.24) is 0 Å². The van der Waals surface area contributed by atoms with Crippen molar-refractivity contribution in [3.63, 3.8) is 0 Å². The molecule has 1 unspecified atom stereocenters. The number of hydrogen-bond donors (Lipinski definition) is 2. The zero-order valence-corrected chi connectivity index (χ0v) is 14.1. The predicted octanol–water partition coefficient (Wildman–Crippen LogP) is 3.61. The maximum atomic E-state index is 12.0. The van der Waals surface area contributed by atoms with E-state index in [4.69, 9.17) is 4.74 Å². The van der Waals surface area contributed by atoms with Crippen LogP contribution in [0.5, 0.6) is 0 Å². The van der Waals surface area contributed by atoms with Crippen LogP contribution in [-0.2, 0) is 9.53 Å². The first-order valence-corrected chi connectivity index (χ1v) is 8.19. The second-order valence-electron chi connectivity index (χ2n) is 6.13. The first kappa shape index (κ1) is 16.3. The van der Waals surface area contributed by atoms with Crippen LogP contribution in [0.4, 0.5) is 22.7 Å². The van der Waals surface area contributed by atoms with Gasteiger partial charge in [0, 0.05) is 43.5 Å². The van der Waals surface area contributed by atoms with Gasteiger partial charge >= 0.3 is 0 Å². The Morgan fingerprint density at radius 3 is 2.12 bits per heavy atom. The van der Waals surface area contributed by atoms with Crippen LogP contribution < -0.4 is 15.5 Å². The highest BCUT2D eigenvalue weighted by molar-refractivity contribution is 5.94. The summed E-state index contributed by atoms with van der Waals surface area (Å²) in [5.74, 6) is -0.0625. The maximum absolute atomic E-state index is 12.0. The molecular formula is C19H23N3O2. The Hall–Kier alpha value is -2.53. The molecule has 0 radical (unpaired) electrons. The summed E-state index contributed by atoms with van der Waals surface area (Å²) in [4.78, 5) is 14.1. The Labute approximate surface area is 142 Å². The minimum absolute atomic E-state index is 0.0625. The molecule has 1 aliphatic rings. The van der Waals surface area contributed by atoms with Gasteiger partial charge in [-0.25, -0.2) is 0 Å². The highest BCUT2D eigenvalue weighted by Crippen LogP contribution is 2.22. The standard InChI is InChI=1S/C19H23N3O2/c1-22(2)17-11-9-15(10-12-17)20-14-5-7-16(8-6-14)21-19(23)18-4-3-13-24-18/h5-12,18,20H,3-4,13H2,1-2H3,(H,21,23). The van der Waals surface area contributed by atoms with Crippen LogP contribution in [0.15, 0.2) is 48.5 Å². The van der Waals surface area contributed by atoms with E-state index < -0.39 is 0 Å². The molecule has 2 aromatic carbocycles. The zero-order valence-electron chi connectivity index (χ0n) is 14.1. The molecule has 0 saturated carbocycles. The summed E-state index contributed by atoms with van der Waals surface area (Å²) in [6, 6.07) is 15.9. The number of rotatable bonds is 5. The van der Waals surface area contributed by atoms with Crippen LogP contribution in [0, 0.1) is 0 Å². The smallest absolute Gasteiger partial charge is 0.253 e. The second-order valence-corrected chi connectivity index (χ2v) is 6.13. The quantitative estimate of drug-likeness (QED) is 0.882. The number of anilines is 4. The third-order valence-electron chi connectivity index (χ3n) is 4.05. The van der Waals surface area contributed by atoms with Crippen molar-refractivity contribution in [1.29, 1.82) is 0 Å². The maximum Gasteiger partial charge on any atom is 0.253 e. The average molecular weight is 325 g/mol. The van der Waals surface area contributed by atoms with Crippen molar-refractivity contribution < 1.29 is 9.53 Å². The molecule has 5 nitrogen and oxygen atoms in total. The molecule has 1 heterocycles. The number of hydrogen-bond acceptors (Lipinski definition) is 4. The number of carbonyl (C=O) groups is 1. The molecule has 24 heavy (non-hydrogen) atoms. The zero-order chi connectivity index (χ0) is 16.9. The van der Waals surface area contributed by atoms with E-state index in [1.807, 2.05) is 50.5 Å². The molecule has 3 rings (SSSR count). The van der Waals surface area contributed by atoms with Crippen molar-refractivity contribution in [3.05, 3.63) is 48.5 Å². The van der Waals surface area contributed by atoms with E-state index in [9.17, 15) is 4.79 Å². The molecule has 2 aromatic rings. The summed E-state index contributed by atoms with van der Waals surface area (Å²) in [5, 5.41) is 6.25. The topological polar surface area (TPSA) is 53.6 Å². The molecule has 0 aromatic heterocycles. The average Bonchev–Trinajstić information content (AvgIpc) is 3.12. The van der Waals surface area contributed by atoms with Gasteiger partial charge in [0.1, 0.15) is 6.10 Å². The molecule has 0 spiro atoms. The molecule has 126 valence electrons. The summed E-state index contributed by atoms with van der Waals surface area (Å²) < 4.78 is 5.39. The monoisotopic (exact) mass is 325 g/mol. The van der Waals surface area contributed by atoms with Gasteiger partial charge in [0.2, 0.25) is 0 Å². The highest BCUT2D eigenvalue weighted by atomic mass is 16.5. The minimum Gasteiger partial charge on any atom is -0.378 e. The number of ether oxygens (including phenoxy) is 1. The lowest BCUT2D eigenvalue weighted by Gasteiger charge is -2.14. The van der Waals surface area contributed by atoms with Gasteiger partial charge < -0.3 is 20.3 Å². The predicted molar refractivity (Wildman–Crippen MR) is 98.1 cm³/mol. The van der Waals surface area contributed by atoms with Crippen molar-refractivity contribution in [3.8, 4) is 0 Å². The van der Waals surface area contributed by atoms with Gasteiger partial charge in [-0.05, 0) is 61.4 Å². The largest absolute Gasteiger partial charge is 0.378 e. The Balaban J connectivity index is 1.58. The first-order valence-electron chi connectivity index (χ1n) is 8.19. The van der Waals surface area contributed by atoms with Gasteiger partial charge in [-0.15, -0.1) is 0 Å². The molecule has 1 aliphatic heterocycles. The van der Waals surface area contributed by atoms with Crippen LogP contribution in [0.25, 0.3) is 0 Å². The fraction of sp³-hybridized carbons (Fsp3) is 0.316. The fourth-order valence-electron chi connectivity index (χ4n) is 2.65. The lowest BCUT2D eigenvalue weighted by Crippen LogP contribution is -2.26. The number of nitrogens with one attached hydrogen (secondary N) is 2. The third-order valence-corrected chi connectivity index (χ3v) is 4.05. The summed E-state index contributed by atoms with van der Waals surface area (Å²) in [5.41, 5.74) is 3.94. The van der Waals surface area contributed by atoms with Crippen molar-refractivity contribution in [2.75, 3.05) is 36.2 Å². The number of nitrogens with zero attached hydrogens (tertiary/aromatic N) is 1. The van der Waals surface area contributed by atoms with E-state index in [-0.39, 0.29) is 12.0 Å². The second kappa shape index (κ2) is 7.36. The Bertz CT molecular complexity index is 675. The van der Waals surface area contributed by atoms with E-state index in [2.05, 4.69) is 27.7 Å². The van der Waals surface area contributed by atoms with Crippen LogP contribution in [0.2, 0.25) is 0 Å². The summed E-state index contributed by atoms with van der Waals surface area (Å²) >= 11 is 0. The third kappa shape index (κ3) is 4.06. The van der Waals surface area contributed by atoms with Crippen LogP contribution >= 0.6 is 0 Å². The van der Waals surface area contributed by atoms with Gasteiger partial charge in [0.25, 0.3) is 5.91 Å². The number of carbonyl (C=O) groups excluding carboxylic acids is 1. The molecule has 0 bridgehead atoms. The fourth-order valence-corrected chi connectivity index (χ4v) is 2.65. The molecule has 1 atom stereocenters. The molecule has 1 saturated heterocycles. The summed E-state index contributed by atoms with van der Waals surface area (Å²) in [6.45, 7) is 0.674. The van der Waals surface area contributed by atoms with Gasteiger partial charge in [0.05, 0.1) is 0 Å². The Morgan fingerprint density at radius 1 is 1.00 bits per heavy atom. The lowest BCUT2D eigenvalue weighted by molar-refractivity contribution is -0.124. The van der Waals surface area contributed by atoms with E-state index in [1.165, 1.54) is 0 Å². The van der Waals surface area contributed by atoms with Crippen molar-refractivity contribution >= 4 is 28.7 Å². The van der Waals surface area contributed by atoms with Gasteiger partial charge in [-0.3, -0.25) is 4.79 Å². The van der Waals surface area contributed by atoms with E-state index in [0.717, 1.165) is 35.6 Å². The molecular weight excluding hydrogens is 302 g/mol. The Kier molecular flexibility index (Phi) is 5.01. The summed E-state index contributed by atoms with van der Waals surface area (Å²) in [6.07, 6.45) is 1.44. The number of benzene rings is 2. The van der Waals surface area contributed by atoms with Gasteiger partial charge in [-0.1, -0.05) is 0 Å². The lowest BCUT2D eigenvalue weighted by atomic mass is 10.2. The van der Waals surface area contributed by atoms with E-state index >= 15 is 0 Å². The molecule has 1 amide bonds. The molecule has 0 aliphatic carbocycles. The van der Waals surface area contributed by atoms with Gasteiger partial charge in [0.15, 0.2) is 0 Å². The van der Waals surface area contributed by atoms with E-state index in [0.29, 0.717) is 6.61 Å². The van der Waals surface area contributed by atoms with Crippen molar-refractivity contribution in [2.24, 2.45) is 0 Å². The van der Waals surface area contributed by atoms with E-state index in [1.54, 1.807) is 0 Å². The molecule has 1 fully saturated rings. The van der Waals surface area contributed by atoms with Crippen molar-refractivity contribution in [2.45, 2.75) is 18.9 Å². The normalized spacial score (nSPS) is 16.7. The SMILES string of the molecule is CN(C)c1ccc(Nc2ccc(NC(=O)C3CCCO3)cc2)cc1. The van der Waals surface area contributed by atoms with Crippen LogP contribution in [0.1, 0.15) is 12.8 Å². The minimum atomic E-state index is -0.307. The first-order chi connectivity index (χ1) is 11.6.